The third kappa shape index (κ3) is 5.30. The Bertz CT molecular complexity index is 523. The van der Waals surface area contributed by atoms with Gasteiger partial charge in [-0.1, -0.05) is 24.3 Å². The quantitative estimate of drug-likeness (QED) is 0.798. The van der Waals surface area contributed by atoms with Crippen LogP contribution in [0.1, 0.15) is 36.8 Å². The Balaban J connectivity index is 1.46. The van der Waals surface area contributed by atoms with Crippen LogP contribution >= 0.6 is 0 Å². The van der Waals surface area contributed by atoms with E-state index in [0.29, 0.717) is 19.0 Å². The van der Waals surface area contributed by atoms with Crippen LogP contribution in [-0.4, -0.2) is 49.7 Å². The van der Waals surface area contributed by atoms with Gasteiger partial charge in [0, 0.05) is 38.6 Å². The molecule has 2 fully saturated rings. The average molecular weight is 331 g/mol. The third-order valence-electron chi connectivity index (χ3n) is 4.97. The lowest BCUT2D eigenvalue weighted by Gasteiger charge is -2.27. The molecule has 0 aromatic heterocycles. The van der Waals surface area contributed by atoms with Crippen molar-refractivity contribution in [1.29, 1.82) is 0 Å². The van der Waals surface area contributed by atoms with Gasteiger partial charge in [-0.15, -0.1) is 0 Å². The van der Waals surface area contributed by atoms with Crippen molar-refractivity contribution in [1.82, 2.24) is 15.5 Å². The van der Waals surface area contributed by atoms with Gasteiger partial charge in [-0.3, -0.25) is 9.69 Å². The summed E-state index contributed by atoms with van der Waals surface area (Å²) in [5.41, 5.74) is 2.52. The van der Waals surface area contributed by atoms with Gasteiger partial charge < -0.3 is 15.4 Å². The van der Waals surface area contributed by atoms with Crippen LogP contribution in [0.15, 0.2) is 24.3 Å². The van der Waals surface area contributed by atoms with Crippen molar-refractivity contribution in [2.75, 3.05) is 32.8 Å². The fourth-order valence-electron chi connectivity index (χ4n) is 3.48. The molecule has 0 aliphatic carbocycles. The maximum atomic E-state index is 12.1. The van der Waals surface area contributed by atoms with E-state index < -0.39 is 0 Å². The van der Waals surface area contributed by atoms with Gasteiger partial charge in [0.25, 0.3) is 0 Å². The van der Waals surface area contributed by atoms with Gasteiger partial charge >= 0.3 is 0 Å². The molecular formula is C19H29N3O2. The van der Waals surface area contributed by atoms with E-state index in [1.165, 1.54) is 24.0 Å². The third-order valence-corrected chi connectivity index (χ3v) is 4.97. The fourth-order valence-corrected chi connectivity index (χ4v) is 3.48. The first-order valence-electron chi connectivity index (χ1n) is 9.18. The molecule has 24 heavy (non-hydrogen) atoms. The lowest BCUT2D eigenvalue weighted by atomic mass is 10.1. The molecule has 2 N–H and O–H groups in total. The molecule has 1 aromatic rings. The van der Waals surface area contributed by atoms with E-state index >= 15 is 0 Å². The number of amides is 1. The second-order valence-electron chi connectivity index (χ2n) is 6.77. The van der Waals surface area contributed by atoms with Gasteiger partial charge in [0.2, 0.25) is 5.91 Å². The summed E-state index contributed by atoms with van der Waals surface area (Å²) in [5.74, 6) is 0.157. The number of nitrogens with zero attached hydrogens (tertiary/aromatic N) is 1. The maximum absolute atomic E-state index is 12.1. The Morgan fingerprint density at radius 1 is 1.25 bits per heavy atom. The molecule has 1 atom stereocenters. The maximum Gasteiger partial charge on any atom is 0.220 e. The lowest BCUT2D eigenvalue weighted by Crippen LogP contribution is -2.36. The molecule has 132 valence electrons. The zero-order chi connectivity index (χ0) is 16.6. The monoisotopic (exact) mass is 331 g/mol. The van der Waals surface area contributed by atoms with Crippen molar-refractivity contribution in [2.24, 2.45) is 0 Å². The van der Waals surface area contributed by atoms with Crippen LogP contribution in [0.5, 0.6) is 0 Å². The molecule has 0 spiro atoms. The largest absolute Gasteiger partial charge is 0.379 e. The first-order valence-corrected chi connectivity index (χ1v) is 9.18. The van der Waals surface area contributed by atoms with E-state index in [1.807, 2.05) is 6.07 Å². The predicted octanol–water partition coefficient (Wildman–Crippen LogP) is 1.67. The summed E-state index contributed by atoms with van der Waals surface area (Å²) in [7, 11) is 0. The van der Waals surface area contributed by atoms with Crippen LogP contribution in [-0.2, 0) is 22.6 Å². The van der Waals surface area contributed by atoms with E-state index in [-0.39, 0.29) is 5.91 Å². The molecule has 1 unspecified atom stereocenters. The van der Waals surface area contributed by atoms with Crippen LogP contribution in [0.4, 0.5) is 0 Å². The molecule has 1 amide bonds. The summed E-state index contributed by atoms with van der Waals surface area (Å²) < 4.78 is 5.41. The van der Waals surface area contributed by atoms with E-state index in [2.05, 4.69) is 33.7 Å². The average Bonchev–Trinajstić information content (AvgIpc) is 3.14. The number of hydrogen-bond donors (Lipinski definition) is 2. The molecule has 2 aliphatic heterocycles. The van der Waals surface area contributed by atoms with Crippen LogP contribution in [0.25, 0.3) is 0 Å². The van der Waals surface area contributed by atoms with E-state index in [1.54, 1.807) is 0 Å². The number of carbonyl (C=O) groups is 1. The van der Waals surface area contributed by atoms with Gasteiger partial charge in [-0.05, 0) is 36.9 Å². The van der Waals surface area contributed by atoms with Crippen molar-refractivity contribution in [3.63, 3.8) is 0 Å². The topological polar surface area (TPSA) is 53.6 Å². The van der Waals surface area contributed by atoms with E-state index in [0.717, 1.165) is 45.8 Å². The summed E-state index contributed by atoms with van der Waals surface area (Å²) in [6.45, 7) is 6.24. The predicted molar refractivity (Wildman–Crippen MR) is 94.6 cm³/mol. The summed E-state index contributed by atoms with van der Waals surface area (Å²) in [4.78, 5) is 14.5. The summed E-state index contributed by atoms with van der Waals surface area (Å²) in [6.07, 6.45) is 4.00. The van der Waals surface area contributed by atoms with Crippen molar-refractivity contribution in [3.8, 4) is 0 Å². The first kappa shape index (κ1) is 17.4. The standard InChI is InChI=1S/C19H29N3O2/c23-19(8-7-18-6-3-9-20-18)21-14-16-4-1-2-5-17(16)15-22-10-12-24-13-11-22/h1-2,4-5,18,20H,3,6-15H2,(H,21,23). The summed E-state index contributed by atoms with van der Waals surface area (Å²) >= 11 is 0. The number of nitrogens with one attached hydrogen (secondary N) is 2. The molecule has 0 saturated carbocycles. The van der Waals surface area contributed by atoms with Crippen LogP contribution < -0.4 is 10.6 Å². The Labute approximate surface area is 144 Å². The van der Waals surface area contributed by atoms with Crippen LogP contribution in [0, 0.1) is 0 Å². The van der Waals surface area contributed by atoms with Gasteiger partial charge in [-0.25, -0.2) is 0 Å². The van der Waals surface area contributed by atoms with E-state index in [9.17, 15) is 4.79 Å². The minimum atomic E-state index is 0.157. The van der Waals surface area contributed by atoms with Gasteiger partial charge in [-0.2, -0.15) is 0 Å². The van der Waals surface area contributed by atoms with Crippen molar-refractivity contribution in [2.45, 2.75) is 44.8 Å². The molecule has 0 bridgehead atoms. The summed E-state index contributed by atoms with van der Waals surface area (Å²) in [6, 6.07) is 8.94. The van der Waals surface area contributed by atoms with Gasteiger partial charge in [0.05, 0.1) is 13.2 Å². The highest BCUT2D eigenvalue weighted by Crippen LogP contribution is 2.14. The zero-order valence-corrected chi connectivity index (χ0v) is 14.4. The van der Waals surface area contributed by atoms with Crippen molar-refractivity contribution < 1.29 is 9.53 Å². The Hall–Kier alpha value is -1.43. The number of rotatable bonds is 7. The molecule has 0 radical (unpaired) electrons. The van der Waals surface area contributed by atoms with E-state index in [4.69, 9.17) is 4.74 Å². The molecule has 5 nitrogen and oxygen atoms in total. The Kier molecular flexibility index (Phi) is 6.64. The Morgan fingerprint density at radius 3 is 2.79 bits per heavy atom. The normalized spacial score (nSPS) is 21.8. The lowest BCUT2D eigenvalue weighted by molar-refractivity contribution is -0.121. The fraction of sp³-hybridized carbons (Fsp3) is 0.632. The number of benzene rings is 1. The highest BCUT2D eigenvalue weighted by atomic mass is 16.5. The second kappa shape index (κ2) is 9.16. The van der Waals surface area contributed by atoms with Crippen molar-refractivity contribution >= 4 is 5.91 Å². The Morgan fingerprint density at radius 2 is 2.04 bits per heavy atom. The molecule has 2 aliphatic rings. The molecular weight excluding hydrogens is 302 g/mol. The number of carbonyl (C=O) groups excluding carboxylic acids is 1. The van der Waals surface area contributed by atoms with Gasteiger partial charge in [0.1, 0.15) is 0 Å². The molecule has 1 aromatic carbocycles. The van der Waals surface area contributed by atoms with Crippen LogP contribution in [0.3, 0.4) is 0 Å². The molecule has 5 heteroatoms. The van der Waals surface area contributed by atoms with Gasteiger partial charge in [0.15, 0.2) is 0 Å². The first-order chi connectivity index (χ1) is 11.8. The highest BCUT2D eigenvalue weighted by molar-refractivity contribution is 5.75. The second-order valence-corrected chi connectivity index (χ2v) is 6.77. The molecule has 3 rings (SSSR count). The van der Waals surface area contributed by atoms with Crippen LogP contribution in [0.2, 0.25) is 0 Å². The smallest absolute Gasteiger partial charge is 0.220 e. The highest BCUT2D eigenvalue weighted by Gasteiger charge is 2.16. The zero-order valence-electron chi connectivity index (χ0n) is 14.4. The SMILES string of the molecule is O=C(CCC1CCCN1)NCc1ccccc1CN1CCOCC1. The minimum Gasteiger partial charge on any atom is -0.379 e. The summed E-state index contributed by atoms with van der Waals surface area (Å²) in [5, 5.41) is 6.54. The number of morpholine rings is 1. The molecule has 2 saturated heterocycles. The van der Waals surface area contributed by atoms with Crippen molar-refractivity contribution in [3.05, 3.63) is 35.4 Å². The minimum absolute atomic E-state index is 0.157. The molecule has 2 heterocycles. The number of hydrogen-bond acceptors (Lipinski definition) is 4. The number of ether oxygens (including phenoxy) is 1.